The lowest BCUT2D eigenvalue weighted by Crippen LogP contribution is -2.47. The Balaban J connectivity index is 0.000000695. The Morgan fingerprint density at radius 1 is 0.426 bits per heavy atom. The van der Waals surface area contributed by atoms with Gasteiger partial charge in [0.1, 0.15) is 59.0 Å². The Labute approximate surface area is 822 Å². The number of hydrogen-bond acceptors (Lipinski definition) is 4. The van der Waals surface area contributed by atoms with Crippen molar-refractivity contribution < 1.29 is 23.1 Å². The van der Waals surface area contributed by atoms with E-state index in [9.17, 15) is 23.1 Å². The molecule has 84 heteroatoms. The van der Waals surface area contributed by atoms with Crippen LogP contribution < -0.4 is 5.32 Å². The van der Waals surface area contributed by atoms with Crippen molar-refractivity contribution in [1.29, 1.82) is 0 Å². The van der Waals surface area contributed by atoms with E-state index in [0.717, 1.165) is 0 Å². The number of carbonyl (C=O) groups is 2. The minimum atomic E-state index is -4.22. The molecule has 7 nitrogen and oxygen atoms in total. The second-order valence-corrected chi connectivity index (χ2v) is 303. The van der Waals surface area contributed by atoms with Gasteiger partial charge in [-0.15, -0.1) is 284 Å². The van der Waals surface area contributed by atoms with E-state index >= 15 is 0 Å². The fourth-order valence-electron chi connectivity index (χ4n) is 9.65. The van der Waals surface area contributed by atoms with Crippen molar-refractivity contribution >= 4 is 628 Å². The second kappa shape index (κ2) is 69.1. The van der Waals surface area contributed by atoms with Crippen LogP contribution in [0.5, 0.6) is 0 Å². The number of amides is 1. The quantitative estimate of drug-likeness (QED) is 0.0434. The van der Waals surface area contributed by atoms with Crippen molar-refractivity contribution in [3.05, 3.63) is 111 Å². The molecule has 3 aromatic carbocycles. The molecule has 14 radical (unpaired) electrons. The number of aliphatic carboxylic acids is 1. The predicted molar refractivity (Wildman–Crippen MR) is 751 cm³/mol. The van der Waals surface area contributed by atoms with Crippen molar-refractivity contribution in [3.63, 3.8) is 0 Å². The van der Waals surface area contributed by atoms with Crippen molar-refractivity contribution in [2.45, 2.75) is 56.6 Å². The highest BCUT2D eigenvalue weighted by molar-refractivity contribution is 9.56. The summed E-state index contributed by atoms with van der Waals surface area (Å²) >= 11 is 12.5. The largest absolute Gasteiger partial charge is 0.480 e. The number of hydrogen-bond donors (Lipinski definition) is 2. The molecule has 0 saturated heterocycles. The van der Waals surface area contributed by atoms with Gasteiger partial charge in [0.2, 0.25) is 15.9 Å². The maximum atomic E-state index is 14.6. The van der Waals surface area contributed by atoms with E-state index in [-0.39, 0.29) is 29.2 Å². The zero-order valence-electron chi connectivity index (χ0n) is 61.0. The van der Waals surface area contributed by atoms with Gasteiger partial charge in [0.05, 0.1) is 17.0 Å². The fourth-order valence-corrected chi connectivity index (χ4v) is 999. The van der Waals surface area contributed by atoms with Crippen LogP contribution in [0.3, 0.4) is 0 Å². The highest BCUT2D eigenvalue weighted by Crippen LogP contribution is 3.50. The van der Waals surface area contributed by atoms with Crippen LogP contribution in [0.15, 0.2) is 89.3 Å². The summed E-state index contributed by atoms with van der Waals surface area (Å²) in [5.41, 5.74) is 1.85. The van der Waals surface area contributed by atoms with Crippen molar-refractivity contribution in [1.82, 2.24) is 9.62 Å². The normalized spacial score (nSPS) is 17.4. The zero-order valence-corrected chi connectivity index (χ0v) is 131. The van der Waals surface area contributed by atoms with Crippen LogP contribution in [0, 0.1) is 12.8 Å². The summed E-state index contributed by atoms with van der Waals surface area (Å²) in [5.74, 6) is -1.80. The molecule has 1 aliphatic heterocycles. The van der Waals surface area contributed by atoms with E-state index in [1.54, 1.807) is 85.8 Å². The molecular weight excluding hydrogens is 2730 g/mol. The number of halogens is 2. The highest BCUT2D eigenvalue weighted by Gasteiger charge is 2.64. The maximum absolute atomic E-state index is 14.6. The summed E-state index contributed by atoms with van der Waals surface area (Å²) in [6.07, 6.45) is 2.08. The average molecular weight is 2830 g/mol. The number of benzene rings is 3. The van der Waals surface area contributed by atoms with E-state index < -0.39 is 293 Å². The first-order chi connectivity index (χ1) is 53.0. The fraction of sp³-hybridized carbons (Fsp3) is 0.290. The summed E-state index contributed by atoms with van der Waals surface area (Å²) in [7, 11) is 153. The Morgan fingerprint density at radius 3 is 1.03 bits per heavy atom. The Kier molecular flexibility index (Phi) is 81.2. The molecule has 38 unspecified atom stereocenters. The molecule has 3 aromatic rings. The van der Waals surface area contributed by atoms with E-state index in [1.807, 2.05) is 13.8 Å². The third-order valence-corrected chi connectivity index (χ3v) is 496. The molecule has 0 aromatic heterocycles. The van der Waals surface area contributed by atoms with Gasteiger partial charge in [-0.05, 0) is 289 Å². The number of carbonyl (C=O) groups excluding carboxylic acids is 1. The molecule has 634 valence electrons. The Hall–Kier alpha value is 26.1. The van der Waals surface area contributed by atoms with Gasteiger partial charge in [-0.1, -0.05) is 92.6 Å². The molecule has 0 saturated carbocycles. The highest BCUT2D eigenvalue weighted by atomic mass is 35.5. The predicted octanol–water partition coefficient (Wildman–Crippen LogP) is 45.2. The molecule has 1 aliphatic rings. The van der Waals surface area contributed by atoms with Gasteiger partial charge in [0, 0.05) is 15.6 Å². The topological polar surface area (TPSA) is 104 Å². The summed E-state index contributed by atoms with van der Waals surface area (Å²) in [5, 5.41) is 13.3. The van der Waals surface area contributed by atoms with E-state index in [0.29, 0.717) is 26.7 Å². The lowest BCUT2D eigenvalue weighted by Gasteiger charge is -2.62. The van der Waals surface area contributed by atoms with Gasteiger partial charge in [-0.25, -0.2) is 13.2 Å². The lowest BCUT2D eigenvalue weighted by molar-refractivity contribution is -0.141. The zero-order chi connectivity index (χ0) is 88.7. The van der Waals surface area contributed by atoms with Crippen LogP contribution in [-0.4, -0.2) is 88.7 Å². The number of sulfonamides is 1. The molecule has 40 atom stereocenters. The van der Waals surface area contributed by atoms with Crippen molar-refractivity contribution in [3.8, 4) is 0 Å². The number of carboxylic acid groups (broad SMARTS) is 1. The van der Waals surface area contributed by atoms with Gasteiger partial charge in [0.25, 0.3) is 0 Å². The summed E-state index contributed by atoms with van der Waals surface area (Å²) in [4.78, 5) is 25.9. The summed E-state index contributed by atoms with van der Waals surface area (Å²) in [6, 6.07) is 17.4. The van der Waals surface area contributed by atoms with Crippen LogP contribution in [-0.2, 0) is 19.6 Å². The Morgan fingerprint density at radius 2 is 0.739 bits per heavy atom. The standard InChI is InChI=1S/C31H32Cl2N2O5S.B7H62P67/c1-19(2)17-26(31(37)38)34-30(36)25-15-16-27(21-11-13-23(32)14-12-21)35(29(25)22-8-6-9-24(33)18-22)41(39,40)28-10-5-4-7-20(28)3;1-39(2)58(40(3)4)67(57(37)38)72(68(59(41(5)6)42(7)8)60(43(9)10)44(11)12)74(71(65(53(29)30)54(31)32)66(55(33)34)56(35)36)73(69(61(45(13)14)46(15)16)62(47(17)18)48(19)20)70(63(49(21)22)50(23)24)64(51(25)26)52(27)28/h4-15,18-19,26-27,29H,16-17H2,1-3H3,(H,34,36)(H,37,38);8-38H2/t26-,27-,29?;/m0./s1. The number of carboxylic acids is 1. The molecule has 0 fully saturated rings. The average Bonchev–Trinajstić information content (AvgIpc) is 0.730. The van der Waals surface area contributed by atoms with Crippen molar-refractivity contribution in [2.75, 3.05) is 0 Å². The summed E-state index contributed by atoms with van der Waals surface area (Å²) in [6.45, 7) is -12.5. The molecule has 1 heterocycles. The first-order valence-corrected chi connectivity index (χ1v) is 156. The maximum Gasteiger partial charge on any atom is 0.326 e. The van der Waals surface area contributed by atoms with Crippen LogP contribution in [0.25, 0.3) is 0 Å². The van der Waals surface area contributed by atoms with Gasteiger partial charge in [-0.2, -0.15) is 26.4 Å². The lowest BCUT2D eigenvalue weighted by atomic mass is 9.88. The van der Waals surface area contributed by atoms with E-state index in [4.69, 9.17) is 76.2 Å². The van der Waals surface area contributed by atoms with Gasteiger partial charge in [0.15, 0.2) is 0 Å². The SMILES string of the molecule is Cc1ccccc1S(=O)(=O)N1C(c2cccc(Cl)c2)C(C(=O)N[C@@H](CC(C)C)C(=O)O)=CC[C@H]1c1ccc(Cl)cc1.[B]P([B])P(P([B])[B])P(P(P)P)P(P(P(P([B])[B])P([B])P)P(P(P)P)P(P)P)P(P(P(P(P)P)P(P)P)P(P(P)P)P(P)P)P(P(P(P(P)P)P(P)P)P(P(P)P)P(P)P)P(P(P(P)P)P(P)P)P(P(P)P)P(P)P. The number of nitrogens with zero attached hydrogens (tertiary/aromatic N) is 1. The summed E-state index contributed by atoms with van der Waals surface area (Å²) < 4.78 is 30.5. The molecule has 0 aliphatic carbocycles. The number of nitrogens with one attached hydrogen (secondary N) is 1. The van der Waals surface area contributed by atoms with Crippen LogP contribution in [0.2, 0.25) is 10.0 Å². The van der Waals surface area contributed by atoms with Crippen molar-refractivity contribution in [2.24, 2.45) is 5.92 Å². The molecule has 0 bridgehead atoms. The molecule has 2 N–H and O–H groups in total. The van der Waals surface area contributed by atoms with Crippen LogP contribution >= 0.6 is 553 Å². The minimum Gasteiger partial charge on any atom is -0.480 e. The molecule has 4 rings (SSSR count). The number of rotatable bonds is 44. The van der Waals surface area contributed by atoms with Gasteiger partial charge >= 0.3 is 5.97 Å². The van der Waals surface area contributed by atoms with Gasteiger partial charge in [-0.3, -0.25) is 4.79 Å². The first kappa shape index (κ1) is 135. The molecule has 0 spiro atoms. The molecular formula is C31H94B7Cl2N2O5P67S. The third-order valence-electron chi connectivity index (χ3n) is 13.5. The number of aryl methyl sites for hydroxylation is 1. The van der Waals surface area contributed by atoms with Crippen LogP contribution in [0.4, 0.5) is 0 Å². The monoisotopic (exact) mass is 2830 g/mol. The molecule has 115 heavy (non-hydrogen) atoms. The second-order valence-electron chi connectivity index (χ2n) is 22.3. The Bertz CT molecular complexity index is 3390. The van der Waals surface area contributed by atoms with E-state index in [1.165, 1.54) is 4.31 Å². The van der Waals surface area contributed by atoms with Crippen LogP contribution in [0.1, 0.15) is 55.5 Å². The smallest absolute Gasteiger partial charge is 0.326 e. The third kappa shape index (κ3) is 42.7. The first-order valence-electron chi connectivity index (χ1n) is 30.0. The molecule has 1 amide bonds. The minimum absolute atomic E-state index is 0.00711. The van der Waals surface area contributed by atoms with Gasteiger partial charge < -0.3 is 10.4 Å². The van der Waals surface area contributed by atoms with E-state index in [2.05, 4.69) is 282 Å².